The maximum absolute atomic E-state index is 13.4. The molecule has 0 aliphatic rings. The van der Waals surface area contributed by atoms with Crippen molar-refractivity contribution in [3.63, 3.8) is 0 Å². The summed E-state index contributed by atoms with van der Waals surface area (Å²) >= 11 is 5.40. The predicted octanol–water partition coefficient (Wildman–Crippen LogP) is 2.89. The lowest BCUT2D eigenvalue weighted by Gasteiger charge is -2.22. The van der Waals surface area contributed by atoms with Crippen molar-refractivity contribution in [2.24, 2.45) is 0 Å². The molecule has 0 heterocycles. The smallest absolute Gasteiger partial charge is 0.142 e. The van der Waals surface area contributed by atoms with Crippen LogP contribution in [0.4, 0.5) is 8.78 Å². The number of hydrogen-bond acceptors (Lipinski definition) is 1. The van der Waals surface area contributed by atoms with E-state index in [1.807, 2.05) is 0 Å². The molecule has 0 saturated heterocycles. The van der Waals surface area contributed by atoms with E-state index in [2.05, 4.69) is 0 Å². The standard InChI is InChI=1S/C10H11ClF2O/c1-10(2,5-14)6-3-9(13)7(11)4-8(6)12/h3-4,14H,5H2,1-2H3. The maximum Gasteiger partial charge on any atom is 0.142 e. The van der Waals surface area contributed by atoms with Gasteiger partial charge in [0.15, 0.2) is 0 Å². The molecule has 0 aliphatic carbocycles. The van der Waals surface area contributed by atoms with E-state index in [0.717, 1.165) is 12.1 Å². The van der Waals surface area contributed by atoms with Crippen molar-refractivity contribution >= 4 is 11.6 Å². The fourth-order valence-electron chi connectivity index (χ4n) is 1.13. The van der Waals surface area contributed by atoms with E-state index >= 15 is 0 Å². The van der Waals surface area contributed by atoms with E-state index in [-0.39, 0.29) is 17.2 Å². The first-order chi connectivity index (χ1) is 6.38. The van der Waals surface area contributed by atoms with Crippen molar-refractivity contribution in [1.29, 1.82) is 0 Å². The lowest BCUT2D eigenvalue weighted by Crippen LogP contribution is -2.23. The lowest BCUT2D eigenvalue weighted by molar-refractivity contribution is 0.214. The predicted molar refractivity (Wildman–Crippen MR) is 51.5 cm³/mol. The molecule has 0 spiro atoms. The van der Waals surface area contributed by atoms with Gasteiger partial charge in [-0.25, -0.2) is 8.78 Å². The average Bonchev–Trinajstić information content (AvgIpc) is 2.11. The Kier molecular flexibility index (Phi) is 3.12. The Hall–Kier alpha value is -0.670. The van der Waals surface area contributed by atoms with Crippen molar-refractivity contribution in [1.82, 2.24) is 0 Å². The van der Waals surface area contributed by atoms with Gasteiger partial charge >= 0.3 is 0 Å². The number of rotatable bonds is 2. The highest BCUT2D eigenvalue weighted by molar-refractivity contribution is 6.30. The number of aliphatic hydroxyl groups excluding tert-OH is 1. The maximum atomic E-state index is 13.4. The van der Waals surface area contributed by atoms with Crippen LogP contribution >= 0.6 is 11.6 Å². The molecular weight excluding hydrogens is 210 g/mol. The topological polar surface area (TPSA) is 20.2 Å². The highest BCUT2D eigenvalue weighted by Crippen LogP contribution is 2.28. The minimum Gasteiger partial charge on any atom is -0.395 e. The third-order valence-electron chi connectivity index (χ3n) is 2.13. The Morgan fingerprint density at radius 3 is 2.36 bits per heavy atom. The molecule has 1 N–H and O–H groups in total. The molecule has 1 nitrogen and oxygen atoms in total. The third kappa shape index (κ3) is 2.04. The molecule has 0 aliphatic heterocycles. The van der Waals surface area contributed by atoms with Crippen LogP contribution < -0.4 is 0 Å². The molecule has 1 rings (SSSR count). The Labute approximate surface area is 86.3 Å². The zero-order chi connectivity index (χ0) is 10.9. The number of halogens is 3. The highest BCUT2D eigenvalue weighted by Gasteiger charge is 2.24. The lowest BCUT2D eigenvalue weighted by atomic mass is 9.85. The molecule has 0 atom stereocenters. The van der Waals surface area contributed by atoms with Crippen molar-refractivity contribution in [2.75, 3.05) is 6.61 Å². The van der Waals surface area contributed by atoms with Gasteiger partial charge in [0.05, 0.1) is 11.6 Å². The molecule has 1 aromatic carbocycles. The van der Waals surface area contributed by atoms with E-state index in [4.69, 9.17) is 16.7 Å². The minimum absolute atomic E-state index is 0.127. The van der Waals surface area contributed by atoms with Crippen molar-refractivity contribution < 1.29 is 13.9 Å². The van der Waals surface area contributed by atoms with E-state index in [1.165, 1.54) is 0 Å². The van der Waals surface area contributed by atoms with Crippen LogP contribution in [0.15, 0.2) is 12.1 Å². The Balaban J connectivity index is 3.29. The van der Waals surface area contributed by atoms with Gasteiger partial charge in [-0.05, 0) is 17.7 Å². The molecule has 0 radical (unpaired) electrons. The second-order valence-electron chi connectivity index (χ2n) is 3.79. The molecule has 0 bridgehead atoms. The summed E-state index contributed by atoms with van der Waals surface area (Å²) in [6.45, 7) is 2.99. The molecule has 0 saturated carbocycles. The van der Waals surface area contributed by atoms with Gasteiger partial charge in [-0.2, -0.15) is 0 Å². The van der Waals surface area contributed by atoms with Gasteiger partial charge < -0.3 is 5.11 Å². The molecule has 0 aromatic heterocycles. The van der Waals surface area contributed by atoms with Gasteiger partial charge in [0.2, 0.25) is 0 Å². The quantitative estimate of drug-likeness (QED) is 0.760. The van der Waals surface area contributed by atoms with Gasteiger partial charge in [-0.1, -0.05) is 25.4 Å². The summed E-state index contributed by atoms with van der Waals surface area (Å²) in [7, 11) is 0. The van der Waals surface area contributed by atoms with Gasteiger partial charge in [-0.3, -0.25) is 0 Å². The molecule has 14 heavy (non-hydrogen) atoms. The Morgan fingerprint density at radius 2 is 1.86 bits per heavy atom. The monoisotopic (exact) mass is 220 g/mol. The van der Waals surface area contributed by atoms with Crippen LogP contribution in [0, 0.1) is 11.6 Å². The first-order valence-corrected chi connectivity index (χ1v) is 4.52. The van der Waals surface area contributed by atoms with Gasteiger partial charge in [0.1, 0.15) is 11.6 Å². The minimum atomic E-state index is -0.810. The summed E-state index contributed by atoms with van der Waals surface area (Å²) in [4.78, 5) is 0. The fraction of sp³-hybridized carbons (Fsp3) is 0.400. The van der Waals surface area contributed by atoms with Crippen molar-refractivity contribution in [3.05, 3.63) is 34.4 Å². The Morgan fingerprint density at radius 1 is 1.29 bits per heavy atom. The molecule has 0 unspecified atom stereocenters. The van der Waals surface area contributed by atoms with Gasteiger partial charge in [0, 0.05) is 5.41 Å². The number of hydrogen-bond donors (Lipinski definition) is 1. The van der Waals surface area contributed by atoms with E-state index in [0.29, 0.717) is 0 Å². The van der Waals surface area contributed by atoms with E-state index < -0.39 is 17.0 Å². The second-order valence-corrected chi connectivity index (χ2v) is 4.20. The summed E-state index contributed by atoms with van der Waals surface area (Å²) in [6, 6.07) is 1.94. The highest BCUT2D eigenvalue weighted by atomic mass is 35.5. The van der Waals surface area contributed by atoms with E-state index in [1.54, 1.807) is 13.8 Å². The van der Waals surface area contributed by atoms with Crippen LogP contribution in [0.25, 0.3) is 0 Å². The van der Waals surface area contributed by atoms with Crippen LogP contribution in [0.3, 0.4) is 0 Å². The van der Waals surface area contributed by atoms with Gasteiger partial charge in [0.25, 0.3) is 0 Å². The molecule has 0 amide bonds. The first kappa shape index (κ1) is 11.4. The molecule has 4 heteroatoms. The number of benzene rings is 1. The largest absolute Gasteiger partial charge is 0.395 e. The SMILES string of the molecule is CC(C)(CO)c1cc(F)c(Cl)cc1F. The third-order valence-corrected chi connectivity index (χ3v) is 2.42. The molecule has 0 fully saturated rings. The normalized spacial score (nSPS) is 11.9. The fourth-order valence-corrected chi connectivity index (χ4v) is 1.28. The van der Waals surface area contributed by atoms with Crippen molar-refractivity contribution in [3.8, 4) is 0 Å². The van der Waals surface area contributed by atoms with Crippen molar-refractivity contribution in [2.45, 2.75) is 19.3 Å². The van der Waals surface area contributed by atoms with Crippen LogP contribution in [-0.2, 0) is 5.41 Å². The van der Waals surface area contributed by atoms with E-state index in [9.17, 15) is 8.78 Å². The first-order valence-electron chi connectivity index (χ1n) is 4.14. The molecular formula is C10H11ClF2O. The zero-order valence-electron chi connectivity index (χ0n) is 7.94. The summed E-state index contributed by atoms with van der Waals surface area (Å²) in [5, 5.41) is 8.76. The molecule has 1 aromatic rings. The second kappa shape index (κ2) is 3.83. The van der Waals surface area contributed by atoms with Crippen LogP contribution in [0.1, 0.15) is 19.4 Å². The summed E-state index contributed by atoms with van der Waals surface area (Å²) < 4.78 is 26.4. The van der Waals surface area contributed by atoms with Gasteiger partial charge in [-0.15, -0.1) is 0 Å². The number of aliphatic hydroxyl groups is 1. The zero-order valence-corrected chi connectivity index (χ0v) is 8.70. The van der Waals surface area contributed by atoms with Crippen LogP contribution in [-0.4, -0.2) is 11.7 Å². The summed E-state index contributed by atoms with van der Waals surface area (Å²) in [5.74, 6) is -1.28. The van der Waals surface area contributed by atoms with Crippen LogP contribution in [0.2, 0.25) is 5.02 Å². The Bertz CT molecular complexity index is 350. The average molecular weight is 221 g/mol. The summed E-state index contributed by atoms with van der Waals surface area (Å²) in [6.07, 6.45) is 0. The molecule has 78 valence electrons. The summed E-state index contributed by atoms with van der Waals surface area (Å²) in [5.41, 5.74) is -0.683. The van der Waals surface area contributed by atoms with Crippen LogP contribution in [0.5, 0.6) is 0 Å².